The highest BCUT2D eigenvalue weighted by Gasteiger charge is 2.12. The van der Waals surface area contributed by atoms with Crippen molar-refractivity contribution in [3.8, 4) is 16.8 Å². The highest BCUT2D eigenvalue weighted by Crippen LogP contribution is 2.29. The van der Waals surface area contributed by atoms with Gasteiger partial charge in [-0.05, 0) is 41.8 Å². The molecule has 0 spiro atoms. The maximum Gasteiger partial charge on any atom is 0.226 e. The van der Waals surface area contributed by atoms with Crippen molar-refractivity contribution in [3.63, 3.8) is 0 Å². The molecule has 0 unspecified atom stereocenters. The Morgan fingerprint density at radius 1 is 1.14 bits per heavy atom. The molecule has 4 aromatic rings. The normalized spacial score (nSPS) is 11.3. The van der Waals surface area contributed by atoms with Crippen molar-refractivity contribution in [2.75, 3.05) is 5.32 Å². The number of nitrogens with one attached hydrogen (secondary N) is 2. The van der Waals surface area contributed by atoms with Gasteiger partial charge in [0.05, 0.1) is 17.6 Å². The predicted octanol–water partition coefficient (Wildman–Crippen LogP) is 5.18. The van der Waals surface area contributed by atoms with E-state index < -0.39 is 0 Å². The van der Waals surface area contributed by atoms with Gasteiger partial charge in [-0.1, -0.05) is 39.0 Å². The SMILES string of the molecule is CCc1ccc(-n2cc(-c3ccc4[nH]cc(NC(=O)C(C)C)c4c3)cn2)cc1. The molecule has 2 aromatic heterocycles. The van der Waals surface area contributed by atoms with Crippen LogP contribution in [0.3, 0.4) is 0 Å². The highest BCUT2D eigenvalue weighted by atomic mass is 16.1. The third-order valence-electron chi connectivity index (χ3n) is 4.99. The number of amides is 1. The number of aromatic amines is 1. The molecule has 1 amide bonds. The average Bonchev–Trinajstić information content (AvgIpc) is 3.35. The standard InChI is InChI=1S/C23H24N4O/c1-4-16-5-8-19(9-6-16)27-14-18(12-25-27)17-7-10-21-20(11-17)22(13-24-21)26-23(28)15(2)3/h5-15,24H,4H2,1-3H3,(H,26,28). The smallest absolute Gasteiger partial charge is 0.226 e. The molecule has 0 aliphatic rings. The molecule has 2 heterocycles. The molecule has 2 N–H and O–H groups in total. The van der Waals surface area contributed by atoms with Crippen LogP contribution in [0.2, 0.25) is 0 Å². The van der Waals surface area contributed by atoms with E-state index in [0.717, 1.165) is 39.8 Å². The number of carbonyl (C=O) groups is 1. The molecule has 28 heavy (non-hydrogen) atoms. The van der Waals surface area contributed by atoms with Gasteiger partial charge in [0.25, 0.3) is 0 Å². The van der Waals surface area contributed by atoms with E-state index in [4.69, 9.17) is 0 Å². The molecule has 2 aromatic carbocycles. The molecule has 0 aliphatic carbocycles. The van der Waals surface area contributed by atoms with Crippen molar-refractivity contribution >= 4 is 22.5 Å². The molecule has 5 nitrogen and oxygen atoms in total. The van der Waals surface area contributed by atoms with Gasteiger partial charge in [0.2, 0.25) is 5.91 Å². The Balaban J connectivity index is 1.65. The fraction of sp³-hybridized carbons (Fsp3) is 0.217. The minimum atomic E-state index is -0.0644. The first-order valence-electron chi connectivity index (χ1n) is 9.61. The molecule has 0 radical (unpaired) electrons. The number of anilines is 1. The fourth-order valence-corrected chi connectivity index (χ4v) is 3.18. The van der Waals surface area contributed by atoms with Crippen LogP contribution in [0.5, 0.6) is 0 Å². The van der Waals surface area contributed by atoms with Crippen LogP contribution in [0.4, 0.5) is 5.69 Å². The van der Waals surface area contributed by atoms with Crippen LogP contribution in [0, 0.1) is 5.92 Å². The number of fused-ring (bicyclic) bond motifs is 1. The second kappa shape index (κ2) is 7.35. The van der Waals surface area contributed by atoms with Crippen molar-refractivity contribution in [1.82, 2.24) is 14.8 Å². The van der Waals surface area contributed by atoms with Crippen LogP contribution in [0.1, 0.15) is 26.3 Å². The summed E-state index contributed by atoms with van der Waals surface area (Å²) in [5, 5.41) is 8.51. The molecule has 4 rings (SSSR count). The van der Waals surface area contributed by atoms with E-state index >= 15 is 0 Å². The lowest BCUT2D eigenvalue weighted by Gasteiger charge is -2.07. The van der Waals surface area contributed by atoms with Gasteiger partial charge in [0.15, 0.2) is 0 Å². The van der Waals surface area contributed by atoms with Gasteiger partial charge in [0, 0.05) is 34.8 Å². The quantitative estimate of drug-likeness (QED) is 0.507. The van der Waals surface area contributed by atoms with E-state index in [9.17, 15) is 4.79 Å². The van der Waals surface area contributed by atoms with Gasteiger partial charge >= 0.3 is 0 Å². The molecule has 0 bridgehead atoms. The van der Waals surface area contributed by atoms with E-state index in [1.165, 1.54) is 5.56 Å². The third-order valence-corrected chi connectivity index (χ3v) is 4.99. The molecule has 0 saturated carbocycles. The summed E-state index contributed by atoms with van der Waals surface area (Å²) in [7, 11) is 0. The molecular formula is C23H24N4O. The van der Waals surface area contributed by atoms with Crippen LogP contribution in [0.25, 0.3) is 27.7 Å². The van der Waals surface area contributed by atoms with Gasteiger partial charge < -0.3 is 10.3 Å². The lowest BCUT2D eigenvalue weighted by molar-refractivity contribution is -0.118. The average molecular weight is 372 g/mol. The Morgan fingerprint density at radius 2 is 1.93 bits per heavy atom. The minimum absolute atomic E-state index is 0.00893. The topological polar surface area (TPSA) is 62.7 Å². The number of hydrogen-bond donors (Lipinski definition) is 2. The van der Waals surface area contributed by atoms with Crippen molar-refractivity contribution in [2.45, 2.75) is 27.2 Å². The first-order valence-corrected chi connectivity index (χ1v) is 9.61. The van der Waals surface area contributed by atoms with Crippen LogP contribution < -0.4 is 5.32 Å². The Hall–Kier alpha value is -3.34. The monoisotopic (exact) mass is 372 g/mol. The van der Waals surface area contributed by atoms with Crippen molar-refractivity contribution < 1.29 is 4.79 Å². The molecule has 0 atom stereocenters. The number of aromatic nitrogens is 3. The Labute approximate surface area is 164 Å². The lowest BCUT2D eigenvalue weighted by Crippen LogP contribution is -2.17. The molecule has 0 fully saturated rings. The van der Waals surface area contributed by atoms with E-state index in [1.54, 1.807) is 0 Å². The summed E-state index contributed by atoms with van der Waals surface area (Å²) in [4.78, 5) is 15.3. The number of hydrogen-bond acceptors (Lipinski definition) is 2. The zero-order valence-electron chi connectivity index (χ0n) is 16.4. The summed E-state index contributed by atoms with van der Waals surface area (Å²) in [6.07, 6.45) is 6.76. The van der Waals surface area contributed by atoms with Gasteiger partial charge in [-0.3, -0.25) is 4.79 Å². The Bertz CT molecular complexity index is 1120. The highest BCUT2D eigenvalue weighted by molar-refractivity contribution is 6.03. The lowest BCUT2D eigenvalue weighted by atomic mass is 10.1. The summed E-state index contributed by atoms with van der Waals surface area (Å²) in [5.74, 6) is -0.0555. The number of H-pyrrole nitrogens is 1. The van der Waals surface area contributed by atoms with Gasteiger partial charge in [0.1, 0.15) is 0 Å². The maximum atomic E-state index is 12.1. The van der Waals surface area contributed by atoms with Gasteiger partial charge in [-0.15, -0.1) is 0 Å². The number of carbonyl (C=O) groups excluding carboxylic acids is 1. The third kappa shape index (κ3) is 3.43. The molecular weight excluding hydrogens is 348 g/mol. The first-order chi connectivity index (χ1) is 13.5. The van der Waals surface area contributed by atoms with E-state index in [0.29, 0.717) is 0 Å². The summed E-state index contributed by atoms with van der Waals surface area (Å²) in [6, 6.07) is 14.6. The fourth-order valence-electron chi connectivity index (χ4n) is 3.18. The Morgan fingerprint density at radius 3 is 2.64 bits per heavy atom. The van der Waals surface area contributed by atoms with Gasteiger partial charge in [-0.25, -0.2) is 4.68 Å². The predicted molar refractivity (Wildman–Crippen MR) is 114 cm³/mol. The van der Waals surface area contributed by atoms with Crippen LogP contribution in [0.15, 0.2) is 61.1 Å². The van der Waals surface area contributed by atoms with Crippen molar-refractivity contribution in [2.24, 2.45) is 5.92 Å². The second-order valence-corrected chi connectivity index (χ2v) is 7.30. The summed E-state index contributed by atoms with van der Waals surface area (Å²) in [5.41, 5.74) is 6.23. The van der Waals surface area contributed by atoms with E-state index in [2.05, 4.69) is 58.7 Å². The van der Waals surface area contributed by atoms with Crippen molar-refractivity contribution in [3.05, 3.63) is 66.6 Å². The summed E-state index contributed by atoms with van der Waals surface area (Å²) in [6.45, 7) is 5.92. The molecule has 142 valence electrons. The Kier molecular flexibility index (Phi) is 4.74. The number of rotatable bonds is 5. The van der Waals surface area contributed by atoms with E-state index in [1.807, 2.05) is 43.2 Å². The van der Waals surface area contributed by atoms with Crippen LogP contribution >= 0.6 is 0 Å². The number of aryl methyl sites for hydroxylation is 1. The number of nitrogens with zero attached hydrogens (tertiary/aromatic N) is 2. The molecule has 0 saturated heterocycles. The van der Waals surface area contributed by atoms with Gasteiger partial charge in [-0.2, -0.15) is 5.10 Å². The second-order valence-electron chi connectivity index (χ2n) is 7.30. The largest absolute Gasteiger partial charge is 0.359 e. The molecule has 0 aliphatic heterocycles. The first kappa shape index (κ1) is 18.0. The minimum Gasteiger partial charge on any atom is -0.359 e. The zero-order chi connectivity index (χ0) is 19.7. The van der Waals surface area contributed by atoms with Crippen molar-refractivity contribution in [1.29, 1.82) is 0 Å². The number of benzene rings is 2. The maximum absolute atomic E-state index is 12.1. The van der Waals surface area contributed by atoms with E-state index in [-0.39, 0.29) is 11.8 Å². The van der Waals surface area contributed by atoms with Crippen LogP contribution in [-0.2, 0) is 11.2 Å². The summed E-state index contributed by atoms with van der Waals surface area (Å²) >= 11 is 0. The summed E-state index contributed by atoms with van der Waals surface area (Å²) < 4.78 is 1.89. The zero-order valence-corrected chi connectivity index (χ0v) is 16.4. The van der Waals surface area contributed by atoms with Crippen LogP contribution in [-0.4, -0.2) is 20.7 Å². The molecule has 5 heteroatoms.